The Labute approximate surface area is 81.9 Å². The van der Waals surface area contributed by atoms with Crippen molar-refractivity contribution < 1.29 is 0 Å². The summed E-state index contributed by atoms with van der Waals surface area (Å²) < 4.78 is 0. The van der Waals surface area contributed by atoms with Crippen molar-refractivity contribution in [2.24, 2.45) is 5.84 Å². The highest BCUT2D eigenvalue weighted by Crippen LogP contribution is 2.23. The molecule has 13 heavy (non-hydrogen) atoms. The highest BCUT2D eigenvalue weighted by atomic mass is 35.5. The zero-order chi connectivity index (χ0) is 8.55. The number of nitrogen functional groups attached to an aromatic ring is 1. The highest BCUT2D eigenvalue weighted by Gasteiger charge is 2.03. The average molecular weight is 199 g/mol. The largest absolute Gasteiger partial charge is 0.323 e. The second-order valence-electron chi connectivity index (χ2n) is 2.73. The van der Waals surface area contributed by atoms with Gasteiger partial charge >= 0.3 is 0 Å². The Morgan fingerprint density at radius 2 is 2.23 bits per heavy atom. The van der Waals surface area contributed by atoms with Gasteiger partial charge in [0.2, 0.25) is 0 Å². The van der Waals surface area contributed by atoms with Gasteiger partial charge in [-0.25, -0.2) is 0 Å². The zero-order valence-electron chi connectivity index (χ0n) is 7.16. The van der Waals surface area contributed by atoms with Crippen LogP contribution in [0.15, 0.2) is 18.3 Å². The first kappa shape index (κ1) is 9.83. The van der Waals surface area contributed by atoms with Crippen molar-refractivity contribution >= 4 is 29.0 Å². The summed E-state index contributed by atoms with van der Waals surface area (Å²) in [4.78, 5) is 0. The van der Waals surface area contributed by atoms with E-state index in [0.717, 1.165) is 22.2 Å². The molecule has 2 rings (SSSR count). The number of hydrogen-bond donors (Lipinski definition) is 3. The molecular formula is C8H11ClN4. The van der Waals surface area contributed by atoms with Gasteiger partial charge < -0.3 is 5.43 Å². The van der Waals surface area contributed by atoms with Crippen LogP contribution in [0.4, 0.5) is 5.69 Å². The second kappa shape index (κ2) is 3.64. The Morgan fingerprint density at radius 1 is 1.46 bits per heavy atom. The fraction of sp³-hybridized carbons (Fsp3) is 0.125. The van der Waals surface area contributed by atoms with Crippen molar-refractivity contribution in [3.05, 3.63) is 23.9 Å². The zero-order valence-corrected chi connectivity index (χ0v) is 7.98. The third-order valence-corrected chi connectivity index (χ3v) is 1.98. The molecule has 0 spiro atoms. The van der Waals surface area contributed by atoms with Gasteiger partial charge in [0.15, 0.2) is 0 Å². The molecule has 0 saturated carbocycles. The molecule has 5 heteroatoms. The SMILES string of the molecule is Cc1ccc2[nH]ncc2c1NN.Cl. The number of nitrogens with one attached hydrogen (secondary N) is 2. The molecule has 0 saturated heterocycles. The molecule has 0 aliphatic carbocycles. The van der Waals surface area contributed by atoms with Crippen LogP contribution in [0.1, 0.15) is 5.56 Å². The smallest absolute Gasteiger partial charge is 0.0671 e. The minimum atomic E-state index is 0. The minimum absolute atomic E-state index is 0. The number of benzene rings is 1. The van der Waals surface area contributed by atoms with E-state index in [-0.39, 0.29) is 12.4 Å². The van der Waals surface area contributed by atoms with E-state index in [1.165, 1.54) is 0 Å². The average Bonchev–Trinajstić information content (AvgIpc) is 2.52. The number of halogens is 1. The first-order valence-electron chi connectivity index (χ1n) is 3.72. The van der Waals surface area contributed by atoms with Crippen LogP contribution in [0.25, 0.3) is 10.9 Å². The van der Waals surface area contributed by atoms with Gasteiger partial charge in [0.05, 0.1) is 17.4 Å². The Hall–Kier alpha value is -1.26. The number of anilines is 1. The predicted molar refractivity (Wildman–Crippen MR) is 55.9 cm³/mol. The maximum Gasteiger partial charge on any atom is 0.0671 e. The molecule has 70 valence electrons. The summed E-state index contributed by atoms with van der Waals surface area (Å²) in [5.41, 5.74) is 5.71. The summed E-state index contributed by atoms with van der Waals surface area (Å²) in [5, 5.41) is 7.83. The van der Waals surface area contributed by atoms with Gasteiger partial charge in [0.25, 0.3) is 0 Å². The molecule has 0 atom stereocenters. The number of aryl methyl sites for hydroxylation is 1. The third kappa shape index (κ3) is 1.46. The van der Waals surface area contributed by atoms with Gasteiger partial charge in [-0.1, -0.05) is 6.07 Å². The van der Waals surface area contributed by atoms with E-state index < -0.39 is 0 Å². The van der Waals surface area contributed by atoms with Gasteiger partial charge in [-0.15, -0.1) is 12.4 Å². The lowest BCUT2D eigenvalue weighted by Gasteiger charge is -2.04. The van der Waals surface area contributed by atoms with E-state index in [2.05, 4.69) is 15.6 Å². The van der Waals surface area contributed by atoms with Crippen LogP contribution in [0.5, 0.6) is 0 Å². The van der Waals surface area contributed by atoms with Crippen molar-refractivity contribution in [3.63, 3.8) is 0 Å². The van der Waals surface area contributed by atoms with Crippen molar-refractivity contribution in [1.29, 1.82) is 0 Å². The minimum Gasteiger partial charge on any atom is -0.323 e. The molecular weight excluding hydrogens is 188 g/mol. The first-order chi connectivity index (χ1) is 5.83. The highest BCUT2D eigenvalue weighted by molar-refractivity contribution is 5.92. The van der Waals surface area contributed by atoms with Crippen molar-refractivity contribution in [2.45, 2.75) is 6.92 Å². The van der Waals surface area contributed by atoms with E-state index in [4.69, 9.17) is 5.84 Å². The number of rotatable bonds is 1. The summed E-state index contributed by atoms with van der Waals surface area (Å²) in [6.07, 6.45) is 1.76. The third-order valence-electron chi connectivity index (χ3n) is 1.98. The Morgan fingerprint density at radius 3 is 2.92 bits per heavy atom. The summed E-state index contributed by atoms with van der Waals surface area (Å²) >= 11 is 0. The molecule has 1 aromatic heterocycles. The van der Waals surface area contributed by atoms with E-state index in [0.29, 0.717) is 0 Å². The molecule has 0 unspecified atom stereocenters. The Balaban J connectivity index is 0.000000845. The lowest BCUT2D eigenvalue weighted by molar-refractivity contribution is 1.12. The predicted octanol–water partition coefficient (Wildman–Crippen LogP) is 1.58. The quantitative estimate of drug-likeness (QED) is 0.482. The maximum absolute atomic E-state index is 5.38. The van der Waals surface area contributed by atoms with Gasteiger partial charge in [-0.3, -0.25) is 10.9 Å². The molecule has 0 aliphatic rings. The normalized spacial score (nSPS) is 9.69. The number of aromatic nitrogens is 2. The van der Waals surface area contributed by atoms with Gasteiger partial charge in [-0.2, -0.15) is 5.10 Å². The summed E-state index contributed by atoms with van der Waals surface area (Å²) in [5.74, 6) is 5.38. The van der Waals surface area contributed by atoms with Crippen LogP contribution in [0, 0.1) is 6.92 Å². The van der Waals surface area contributed by atoms with Crippen LogP contribution in [-0.4, -0.2) is 10.2 Å². The lowest BCUT2D eigenvalue weighted by atomic mass is 10.1. The molecule has 4 N–H and O–H groups in total. The Kier molecular flexibility index (Phi) is 2.75. The van der Waals surface area contributed by atoms with Crippen molar-refractivity contribution in [1.82, 2.24) is 10.2 Å². The van der Waals surface area contributed by atoms with Crippen molar-refractivity contribution in [3.8, 4) is 0 Å². The molecule has 2 aromatic rings. The molecule has 0 aliphatic heterocycles. The van der Waals surface area contributed by atoms with Gasteiger partial charge in [0.1, 0.15) is 0 Å². The summed E-state index contributed by atoms with van der Waals surface area (Å²) in [6, 6.07) is 3.98. The number of nitrogens with zero attached hydrogens (tertiary/aromatic N) is 1. The lowest BCUT2D eigenvalue weighted by Crippen LogP contribution is -2.08. The first-order valence-corrected chi connectivity index (χ1v) is 3.72. The number of H-pyrrole nitrogens is 1. The Bertz CT molecular complexity index is 409. The van der Waals surface area contributed by atoms with E-state index in [1.807, 2.05) is 19.1 Å². The standard InChI is InChI=1S/C8H10N4.ClH/c1-5-2-3-7-6(4-10-12-7)8(5)11-9;/h2-4,11H,9H2,1H3,(H,10,12);1H. The van der Waals surface area contributed by atoms with E-state index in [9.17, 15) is 0 Å². The molecule has 0 fully saturated rings. The summed E-state index contributed by atoms with van der Waals surface area (Å²) in [7, 11) is 0. The maximum atomic E-state index is 5.38. The van der Waals surface area contributed by atoms with Gasteiger partial charge in [-0.05, 0) is 18.6 Å². The van der Waals surface area contributed by atoms with Crippen LogP contribution in [0.3, 0.4) is 0 Å². The van der Waals surface area contributed by atoms with Crippen LogP contribution in [0.2, 0.25) is 0 Å². The number of aromatic amines is 1. The molecule has 0 bridgehead atoms. The van der Waals surface area contributed by atoms with Crippen LogP contribution in [-0.2, 0) is 0 Å². The number of hydrogen-bond acceptors (Lipinski definition) is 3. The van der Waals surface area contributed by atoms with Crippen LogP contribution < -0.4 is 11.3 Å². The van der Waals surface area contributed by atoms with Crippen molar-refractivity contribution in [2.75, 3.05) is 5.43 Å². The molecule has 0 amide bonds. The molecule has 0 radical (unpaired) electrons. The number of hydrazine groups is 1. The van der Waals surface area contributed by atoms with E-state index in [1.54, 1.807) is 6.20 Å². The monoisotopic (exact) mass is 198 g/mol. The van der Waals surface area contributed by atoms with Crippen LogP contribution >= 0.6 is 12.4 Å². The molecule has 1 heterocycles. The second-order valence-corrected chi connectivity index (χ2v) is 2.73. The topological polar surface area (TPSA) is 66.7 Å². The molecule has 1 aromatic carbocycles. The van der Waals surface area contributed by atoms with Gasteiger partial charge in [0, 0.05) is 5.39 Å². The number of fused-ring (bicyclic) bond motifs is 1. The fourth-order valence-electron chi connectivity index (χ4n) is 1.32. The van der Waals surface area contributed by atoms with E-state index >= 15 is 0 Å². The number of nitrogens with two attached hydrogens (primary N) is 1. The fourth-order valence-corrected chi connectivity index (χ4v) is 1.32. The summed E-state index contributed by atoms with van der Waals surface area (Å²) in [6.45, 7) is 2.00. The molecule has 4 nitrogen and oxygen atoms in total.